The van der Waals surface area contributed by atoms with Crippen LogP contribution in [0.25, 0.3) is 128 Å². The molecule has 63 heavy (non-hydrogen) atoms. The van der Waals surface area contributed by atoms with Crippen LogP contribution in [0.3, 0.4) is 0 Å². The fourth-order valence-corrected chi connectivity index (χ4v) is 9.50. The Morgan fingerprint density at radius 2 is 0.778 bits per heavy atom. The summed E-state index contributed by atoms with van der Waals surface area (Å²) >= 11 is 0. The largest absolute Gasteiger partial charge is 0.455 e. The number of hydrogen-bond acceptors (Lipinski definition) is 4. The van der Waals surface area contributed by atoms with Crippen LogP contribution in [0.2, 0.25) is 0 Å². The Bertz CT molecular complexity index is 3740. The zero-order valence-corrected chi connectivity index (χ0v) is 33.9. The van der Waals surface area contributed by atoms with Crippen molar-refractivity contribution in [3.8, 4) is 61.8 Å². The fourth-order valence-electron chi connectivity index (χ4n) is 9.50. The van der Waals surface area contributed by atoms with Crippen LogP contribution in [0.4, 0.5) is 0 Å². The summed E-state index contributed by atoms with van der Waals surface area (Å²) in [4.78, 5) is 10.8. The first kappa shape index (κ1) is 35.2. The number of rotatable bonds is 6. The normalized spacial score (nSPS) is 11.8. The van der Waals surface area contributed by atoms with Crippen LogP contribution in [0.1, 0.15) is 0 Å². The highest BCUT2D eigenvalue weighted by Gasteiger charge is 2.20. The SMILES string of the molecule is c1ccc(-c2cc(-c3cccc(-n4c5ccccc5c5ccccc54)c3)nc(-c3cc(-c4cccc5c4oc4ccccc45)cc(-c4cccc5c4oc4ccccc45)c3)n2)cc1. The molecule has 13 aromatic rings. The zero-order chi connectivity index (χ0) is 41.4. The smallest absolute Gasteiger partial charge is 0.160 e. The highest BCUT2D eigenvalue weighted by atomic mass is 16.3. The van der Waals surface area contributed by atoms with Gasteiger partial charge in [0.05, 0.1) is 22.4 Å². The van der Waals surface area contributed by atoms with Gasteiger partial charge in [-0.3, -0.25) is 0 Å². The minimum atomic E-state index is 0.616. The summed E-state index contributed by atoms with van der Waals surface area (Å²) in [5.74, 6) is 0.616. The predicted molar refractivity (Wildman–Crippen MR) is 258 cm³/mol. The Morgan fingerprint density at radius 1 is 0.317 bits per heavy atom. The molecule has 0 aliphatic heterocycles. The molecule has 0 aliphatic carbocycles. The van der Waals surface area contributed by atoms with Crippen molar-refractivity contribution in [1.82, 2.24) is 14.5 Å². The van der Waals surface area contributed by atoms with Gasteiger partial charge in [-0.2, -0.15) is 0 Å². The van der Waals surface area contributed by atoms with E-state index in [1.807, 2.05) is 30.3 Å². The highest BCUT2D eigenvalue weighted by Crippen LogP contribution is 2.42. The molecule has 4 heterocycles. The first-order valence-corrected chi connectivity index (χ1v) is 21.2. The molecule has 5 nitrogen and oxygen atoms in total. The fraction of sp³-hybridized carbons (Fsp3) is 0. The van der Waals surface area contributed by atoms with Crippen molar-refractivity contribution in [3.63, 3.8) is 0 Å². The maximum atomic E-state index is 6.64. The number of hydrogen-bond donors (Lipinski definition) is 0. The topological polar surface area (TPSA) is 57.0 Å². The van der Waals surface area contributed by atoms with E-state index in [2.05, 4.69) is 187 Å². The van der Waals surface area contributed by atoms with Gasteiger partial charge in [0.1, 0.15) is 22.3 Å². The van der Waals surface area contributed by atoms with Gasteiger partial charge in [-0.1, -0.05) is 152 Å². The van der Waals surface area contributed by atoms with E-state index in [9.17, 15) is 0 Å². The van der Waals surface area contributed by atoms with Crippen LogP contribution in [0, 0.1) is 0 Å². The Morgan fingerprint density at radius 3 is 1.38 bits per heavy atom. The molecule has 0 atom stereocenters. The molecule has 0 N–H and O–H groups in total. The van der Waals surface area contributed by atoms with Crippen molar-refractivity contribution in [2.45, 2.75) is 0 Å². The van der Waals surface area contributed by atoms with Crippen molar-refractivity contribution in [2.24, 2.45) is 0 Å². The van der Waals surface area contributed by atoms with E-state index in [0.717, 1.165) is 111 Å². The molecule has 294 valence electrons. The van der Waals surface area contributed by atoms with Crippen molar-refractivity contribution in [3.05, 3.63) is 212 Å². The van der Waals surface area contributed by atoms with Gasteiger partial charge in [0.25, 0.3) is 0 Å². The number of fused-ring (bicyclic) bond motifs is 9. The van der Waals surface area contributed by atoms with E-state index >= 15 is 0 Å². The van der Waals surface area contributed by atoms with Crippen LogP contribution in [-0.4, -0.2) is 14.5 Å². The molecular weight excluding hydrogens is 771 g/mol. The van der Waals surface area contributed by atoms with Crippen LogP contribution in [0.5, 0.6) is 0 Å². The van der Waals surface area contributed by atoms with Gasteiger partial charge in [-0.25, -0.2) is 9.97 Å². The van der Waals surface area contributed by atoms with Crippen LogP contribution in [-0.2, 0) is 0 Å². The Hall–Kier alpha value is -8.54. The minimum Gasteiger partial charge on any atom is -0.455 e. The van der Waals surface area contributed by atoms with Crippen molar-refractivity contribution < 1.29 is 8.83 Å². The second kappa shape index (κ2) is 14.0. The molecule has 0 bridgehead atoms. The van der Waals surface area contributed by atoms with E-state index in [-0.39, 0.29) is 0 Å². The molecule has 5 heteroatoms. The molecule has 13 rings (SSSR count). The summed E-state index contributed by atoms with van der Waals surface area (Å²) < 4.78 is 15.6. The first-order valence-electron chi connectivity index (χ1n) is 21.2. The zero-order valence-electron chi connectivity index (χ0n) is 33.9. The first-order chi connectivity index (χ1) is 31.2. The Balaban J connectivity index is 1.05. The molecular formula is C58H35N3O2. The summed E-state index contributed by atoms with van der Waals surface area (Å²) in [6.45, 7) is 0. The lowest BCUT2D eigenvalue weighted by molar-refractivity contribution is 0.670. The van der Waals surface area contributed by atoms with Gasteiger partial charge in [-0.05, 0) is 71.8 Å². The van der Waals surface area contributed by atoms with Gasteiger partial charge < -0.3 is 13.4 Å². The summed E-state index contributed by atoms with van der Waals surface area (Å²) in [6.07, 6.45) is 0. The molecule has 0 unspecified atom stereocenters. The van der Waals surface area contributed by atoms with E-state index in [4.69, 9.17) is 18.8 Å². The predicted octanol–water partition coefficient (Wildman–Crippen LogP) is 15.7. The van der Waals surface area contributed by atoms with E-state index in [1.54, 1.807) is 0 Å². The van der Waals surface area contributed by atoms with E-state index < -0.39 is 0 Å². The lowest BCUT2D eigenvalue weighted by Crippen LogP contribution is -1.98. The third kappa shape index (κ3) is 5.71. The molecule has 0 saturated heterocycles. The van der Waals surface area contributed by atoms with Gasteiger partial charge in [0, 0.05) is 65.8 Å². The Labute approximate surface area is 361 Å². The molecule has 0 spiro atoms. The van der Waals surface area contributed by atoms with Gasteiger partial charge in [0.15, 0.2) is 5.82 Å². The quantitative estimate of drug-likeness (QED) is 0.168. The van der Waals surface area contributed by atoms with Gasteiger partial charge in [0.2, 0.25) is 0 Å². The van der Waals surface area contributed by atoms with Crippen molar-refractivity contribution >= 4 is 65.7 Å². The molecule has 0 aliphatic rings. The number of aromatic nitrogens is 3. The highest BCUT2D eigenvalue weighted by molar-refractivity contribution is 6.12. The van der Waals surface area contributed by atoms with Crippen molar-refractivity contribution in [2.75, 3.05) is 0 Å². The average Bonchev–Trinajstić information content (AvgIpc) is 4.04. The third-order valence-corrected chi connectivity index (χ3v) is 12.4. The lowest BCUT2D eigenvalue weighted by atomic mass is 9.93. The summed E-state index contributed by atoms with van der Waals surface area (Å²) in [5.41, 5.74) is 15.3. The second-order valence-corrected chi connectivity index (χ2v) is 16.1. The standard InChI is InChI=1S/C58H35N3O2/c1-2-15-36(16-3-1)50-35-51(37-17-12-18-41(34-37)61-52-27-8-4-19-44(52)45-20-5-9-28-53(45)61)60-58(59-50)40-32-38(42-23-13-25-48-46-21-6-10-29-54(46)62-56(42)48)31-39(33-40)43-24-14-26-49-47-22-7-11-30-55(47)63-57(43)49/h1-35H. The summed E-state index contributed by atoms with van der Waals surface area (Å²) in [7, 11) is 0. The molecule has 0 fully saturated rings. The molecule has 0 radical (unpaired) electrons. The Kier molecular flexibility index (Phi) is 7.84. The van der Waals surface area contributed by atoms with Crippen LogP contribution in [0.15, 0.2) is 221 Å². The second-order valence-electron chi connectivity index (χ2n) is 16.1. The monoisotopic (exact) mass is 805 g/mol. The number of benzene rings is 9. The summed E-state index contributed by atoms with van der Waals surface area (Å²) in [6, 6.07) is 74.3. The number of nitrogens with zero attached hydrogens (tertiary/aromatic N) is 3. The van der Waals surface area contributed by atoms with E-state index in [0.29, 0.717) is 5.82 Å². The maximum absolute atomic E-state index is 6.64. The maximum Gasteiger partial charge on any atom is 0.160 e. The molecule has 9 aromatic carbocycles. The molecule has 4 aromatic heterocycles. The number of furan rings is 2. The van der Waals surface area contributed by atoms with Gasteiger partial charge >= 0.3 is 0 Å². The van der Waals surface area contributed by atoms with E-state index in [1.165, 1.54) is 10.8 Å². The lowest BCUT2D eigenvalue weighted by Gasteiger charge is -2.14. The van der Waals surface area contributed by atoms with Crippen molar-refractivity contribution in [1.29, 1.82) is 0 Å². The van der Waals surface area contributed by atoms with Crippen LogP contribution >= 0.6 is 0 Å². The number of para-hydroxylation sites is 6. The molecule has 0 saturated carbocycles. The third-order valence-electron chi connectivity index (χ3n) is 12.4. The average molecular weight is 806 g/mol. The summed E-state index contributed by atoms with van der Waals surface area (Å²) in [5, 5.41) is 6.77. The van der Waals surface area contributed by atoms with Gasteiger partial charge in [-0.15, -0.1) is 0 Å². The minimum absolute atomic E-state index is 0.616. The molecule has 0 amide bonds. The van der Waals surface area contributed by atoms with Crippen LogP contribution < -0.4 is 0 Å².